The van der Waals surface area contributed by atoms with Crippen LogP contribution in [0, 0.1) is 5.82 Å². The lowest BCUT2D eigenvalue weighted by atomic mass is 9.89. The van der Waals surface area contributed by atoms with Gasteiger partial charge in [0.25, 0.3) is 0 Å². The number of nitrogens with two attached hydrogens (primary N) is 1. The van der Waals surface area contributed by atoms with Gasteiger partial charge < -0.3 is 15.6 Å². The zero-order valence-electron chi connectivity index (χ0n) is 11.6. The maximum atomic E-state index is 13.5. The number of rotatable bonds is 5. The molecule has 5 heteroatoms. The standard InChI is InChI=1S/C16H17BrFNO2/c1-21-14-4-2-3-10(7-14)15(9-19)16(20)11-5-12(17)8-13(18)6-11/h2-8,15-16,20H,9,19H2,1H3. The quantitative estimate of drug-likeness (QED) is 0.866. The molecule has 0 saturated carbocycles. The first-order valence-corrected chi connectivity index (χ1v) is 7.32. The molecule has 2 rings (SSSR count). The molecule has 0 aliphatic rings. The number of ether oxygens (including phenoxy) is 1. The van der Waals surface area contributed by atoms with Crippen molar-refractivity contribution >= 4 is 15.9 Å². The van der Waals surface area contributed by atoms with Crippen molar-refractivity contribution in [3.8, 4) is 5.75 Å². The van der Waals surface area contributed by atoms with E-state index in [1.165, 1.54) is 12.1 Å². The second-order valence-electron chi connectivity index (χ2n) is 4.77. The number of hydrogen-bond acceptors (Lipinski definition) is 3. The van der Waals surface area contributed by atoms with E-state index >= 15 is 0 Å². The summed E-state index contributed by atoms with van der Waals surface area (Å²) in [5, 5.41) is 10.5. The predicted molar refractivity (Wildman–Crippen MR) is 83.8 cm³/mol. The van der Waals surface area contributed by atoms with Crippen molar-refractivity contribution in [2.24, 2.45) is 5.73 Å². The van der Waals surface area contributed by atoms with Gasteiger partial charge in [-0.2, -0.15) is 0 Å². The van der Waals surface area contributed by atoms with Crippen LogP contribution in [-0.4, -0.2) is 18.8 Å². The van der Waals surface area contributed by atoms with Crippen molar-refractivity contribution < 1.29 is 14.2 Å². The molecule has 3 N–H and O–H groups in total. The van der Waals surface area contributed by atoms with Gasteiger partial charge in [-0.15, -0.1) is 0 Å². The number of methoxy groups -OCH3 is 1. The zero-order chi connectivity index (χ0) is 15.4. The molecule has 0 saturated heterocycles. The third-order valence-electron chi connectivity index (χ3n) is 3.38. The van der Waals surface area contributed by atoms with E-state index in [2.05, 4.69) is 15.9 Å². The van der Waals surface area contributed by atoms with Crippen molar-refractivity contribution in [3.05, 3.63) is 63.9 Å². The first kappa shape index (κ1) is 15.9. The highest BCUT2D eigenvalue weighted by Crippen LogP contribution is 2.33. The van der Waals surface area contributed by atoms with E-state index < -0.39 is 11.9 Å². The molecule has 0 aliphatic carbocycles. The summed E-state index contributed by atoms with van der Waals surface area (Å²) in [6.45, 7) is 0.239. The Kier molecular flexibility index (Phi) is 5.33. The predicted octanol–water partition coefficient (Wildman–Crippen LogP) is 3.37. The fraction of sp³-hybridized carbons (Fsp3) is 0.250. The van der Waals surface area contributed by atoms with Gasteiger partial charge in [-0.3, -0.25) is 0 Å². The van der Waals surface area contributed by atoms with Gasteiger partial charge in [-0.05, 0) is 41.5 Å². The van der Waals surface area contributed by atoms with Crippen molar-refractivity contribution in [2.45, 2.75) is 12.0 Å². The van der Waals surface area contributed by atoms with E-state index in [9.17, 15) is 9.50 Å². The van der Waals surface area contributed by atoms with Gasteiger partial charge >= 0.3 is 0 Å². The molecule has 0 radical (unpaired) electrons. The number of hydrogen-bond donors (Lipinski definition) is 2. The molecule has 2 aromatic carbocycles. The van der Waals surface area contributed by atoms with Crippen LogP contribution in [0.3, 0.4) is 0 Å². The Morgan fingerprint density at radius 3 is 2.62 bits per heavy atom. The lowest BCUT2D eigenvalue weighted by Gasteiger charge is -2.23. The molecule has 0 bridgehead atoms. The molecular weight excluding hydrogens is 337 g/mol. The Morgan fingerprint density at radius 1 is 1.24 bits per heavy atom. The van der Waals surface area contributed by atoms with Crippen LogP contribution >= 0.6 is 15.9 Å². The lowest BCUT2D eigenvalue weighted by molar-refractivity contribution is 0.147. The molecule has 21 heavy (non-hydrogen) atoms. The molecule has 2 unspecified atom stereocenters. The van der Waals surface area contributed by atoms with E-state index in [0.29, 0.717) is 15.8 Å². The summed E-state index contributed by atoms with van der Waals surface area (Å²) >= 11 is 3.23. The maximum absolute atomic E-state index is 13.5. The van der Waals surface area contributed by atoms with Crippen LogP contribution in [0.5, 0.6) is 5.75 Å². The topological polar surface area (TPSA) is 55.5 Å². The summed E-state index contributed by atoms with van der Waals surface area (Å²) in [6.07, 6.45) is -0.894. The molecule has 3 nitrogen and oxygen atoms in total. The summed E-state index contributed by atoms with van der Waals surface area (Å²) in [5.74, 6) is -0.0489. The van der Waals surface area contributed by atoms with Crippen LogP contribution in [0.15, 0.2) is 46.9 Å². The van der Waals surface area contributed by atoms with E-state index in [1.54, 1.807) is 13.2 Å². The first-order chi connectivity index (χ1) is 10.0. The zero-order valence-corrected chi connectivity index (χ0v) is 13.2. The van der Waals surface area contributed by atoms with Crippen molar-refractivity contribution in [1.29, 1.82) is 0 Å². The van der Waals surface area contributed by atoms with Crippen LogP contribution in [-0.2, 0) is 0 Å². The summed E-state index contributed by atoms with van der Waals surface area (Å²) in [7, 11) is 1.58. The molecule has 0 aliphatic heterocycles. The Labute approximate surface area is 131 Å². The summed E-state index contributed by atoms with van der Waals surface area (Å²) in [5.41, 5.74) is 7.14. The minimum Gasteiger partial charge on any atom is -0.497 e. The van der Waals surface area contributed by atoms with Crippen molar-refractivity contribution in [2.75, 3.05) is 13.7 Å². The van der Waals surface area contributed by atoms with E-state index in [4.69, 9.17) is 10.5 Å². The summed E-state index contributed by atoms with van der Waals surface area (Å²) < 4.78 is 19.2. The Bertz CT molecular complexity index is 601. The smallest absolute Gasteiger partial charge is 0.124 e. The van der Waals surface area contributed by atoms with Gasteiger partial charge in [0.15, 0.2) is 0 Å². The Morgan fingerprint density at radius 2 is 2.00 bits per heavy atom. The highest BCUT2D eigenvalue weighted by atomic mass is 79.9. The second-order valence-corrected chi connectivity index (χ2v) is 5.68. The number of benzene rings is 2. The van der Waals surface area contributed by atoms with E-state index in [1.807, 2.05) is 24.3 Å². The molecule has 2 aromatic rings. The Balaban J connectivity index is 2.35. The first-order valence-electron chi connectivity index (χ1n) is 6.53. The van der Waals surface area contributed by atoms with Gasteiger partial charge in [0, 0.05) is 16.9 Å². The second kappa shape index (κ2) is 7.02. The van der Waals surface area contributed by atoms with Crippen molar-refractivity contribution in [3.63, 3.8) is 0 Å². The molecular formula is C16H17BrFNO2. The van der Waals surface area contributed by atoms with E-state index in [-0.39, 0.29) is 12.5 Å². The third kappa shape index (κ3) is 3.81. The molecule has 0 amide bonds. The van der Waals surface area contributed by atoms with Gasteiger partial charge in [0.2, 0.25) is 0 Å². The van der Waals surface area contributed by atoms with E-state index in [0.717, 1.165) is 5.56 Å². The largest absolute Gasteiger partial charge is 0.497 e. The van der Waals surface area contributed by atoms with Crippen LogP contribution in [0.25, 0.3) is 0 Å². The van der Waals surface area contributed by atoms with Crippen molar-refractivity contribution in [1.82, 2.24) is 0 Å². The SMILES string of the molecule is COc1cccc(C(CN)C(O)c2cc(F)cc(Br)c2)c1. The number of halogens is 2. The fourth-order valence-corrected chi connectivity index (χ4v) is 2.78. The average molecular weight is 354 g/mol. The van der Waals surface area contributed by atoms with Crippen LogP contribution in [0.2, 0.25) is 0 Å². The average Bonchev–Trinajstić information content (AvgIpc) is 2.47. The minimum absolute atomic E-state index is 0.239. The minimum atomic E-state index is -0.894. The third-order valence-corrected chi connectivity index (χ3v) is 3.84. The highest BCUT2D eigenvalue weighted by molar-refractivity contribution is 9.10. The van der Waals surface area contributed by atoms with Crippen LogP contribution in [0.4, 0.5) is 4.39 Å². The number of aliphatic hydroxyl groups excluding tert-OH is 1. The van der Waals surface area contributed by atoms with Gasteiger partial charge in [-0.25, -0.2) is 4.39 Å². The summed E-state index contributed by atoms with van der Waals surface area (Å²) in [4.78, 5) is 0. The van der Waals surface area contributed by atoms with Gasteiger partial charge in [0.1, 0.15) is 11.6 Å². The monoisotopic (exact) mass is 353 g/mol. The number of aliphatic hydroxyl groups is 1. The van der Waals surface area contributed by atoms with Gasteiger partial charge in [-0.1, -0.05) is 28.1 Å². The molecule has 0 spiro atoms. The van der Waals surface area contributed by atoms with Crippen LogP contribution in [0.1, 0.15) is 23.1 Å². The van der Waals surface area contributed by atoms with Gasteiger partial charge in [0.05, 0.1) is 13.2 Å². The lowest BCUT2D eigenvalue weighted by Crippen LogP contribution is -2.20. The fourth-order valence-electron chi connectivity index (χ4n) is 2.30. The van der Waals surface area contributed by atoms with Crippen LogP contribution < -0.4 is 10.5 Å². The molecule has 112 valence electrons. The molecule has 0 aromatic heterocycles. The Hall–Kier alpha value is -1.43. The molecule has 2 atom stereocenters. The highest BCUT2D eigenvalue weighted by Gasteiger charge is 2.22. The normalized spacial score (nSPS) is 13.8. The summed E-state index contributed by atoms with van der Waals surface area (Å²) in [6, 6.07) is 11.7. The molecule has 0 fully saturated rings. The molecule has 0 heterocycles. The maximum Gasteiger partial charge on any atom is 0.124 e.